The van der Waals surface area contributed by atoms with Gasteiger partial charge >= 0.3 is 104 Å². The molecule has 0 bridgehead atoms. The number of halogens is 3. The second kappa shape index (κ2) is 4.80. The number of hydrogen-bond acceptors (Lipinski definition) is 3. The Morgan fingerprint density at radius 1 is 1.13 bits per heavy atom. The molecule has 0 fully saturated rings. The van der Waals surface area contributed by atoms with Gasteiger partial charge in [-0.15, -0.1) is 0 Å². The van der Waals surface area contributed by atoms with Gasteiger partial charge in [0.2, 0.25) is 0 Å². The molecule has 0 aliphatic rings. The van der Waals surface area contributed by atoms with Crippen molar-refractivity contribution >= 4 is 50.9 Å². The van der Waals surface area contributed by atoms with Crippen LogP contribution in [0, 0.1) is 6.92 Å². The summed E-state index contributed by atoms with van der Waals surface area (Å²) < 4.78 is 27.5. The fourth-order valence-electron chi connectivity index (χ4n) is 0.846. The van der Waals surface area contributed by atoms with Crippen molar-refractivity contribution in [2.45, 2.75) is 11.8 Å². The molecule has 0 aromatic heterocycles. The van der Waals surface area contributed by atoms with Crippen LogP contribution >= 0.6 is 30.3 Å². The van der Waals surface area contributed by atoms with Crippen molar-refractivity contribution in [3.05, 3.63) is 29.8 Å². The average molecular weight is 357 g/mol. The molecule has 86 valence electrons. The van der Waals surface area contributed by atoms with E-state index in [1.165, 1.54) is 12.1 Å². The molecule has 0 aliphatic carbocycles. The van der Waals surface area contributed by atoms with Crippen molar-refractivity contribution in [2.24, 2.45) is 0 Å². The fraction of sp³-hybridized carbons (Fsp3) is 0.143. The molecule has 0 amide bonds. The third kappa shape index (κ3) is 4.49. The van der Waals surface area contributed by atoms with Gasteiger partial charge in [0.1, 0.15) is 0 Å². The summed E-state index contributed by atoms with van der Waals surface area (Å²) in [6.45, 7) is 1.84. The Hall–Kier alpha value is 0.519. The summed E-state index contributed by atoms with van der Waals surface area (Å²) in [4.78, 5) is -0.0170. The molecule has 8 heteroatoms. The van der Waals surface area contributed by atoms with Gasteiger partial charge in [0, 0.05) is 0 Å². The first-order valence-corrected chi connectivity index (χ1v) is 12.5. The van der Waals surface area contributed by atoms with Gasteiger partial charge in [-0.1, -0.05) is 0 Å². The van der Waals surface area contributed by atoms with Crippen LogP contribution in [0.15, 0.2) is 29.2 Å². The molecule has 0 unspecified atom stereocenters. The molecular weight excluding hydrogens is 349 g/mol. The summed E-state index contributed by atoms with van der Waals surface area (Å²) in [5, 5.41) is 0. The fourth-order valence-corrected chi connectivity index (χ4v) is 6.54. The summed E-state index contributed by atoms with van der Waals surface area (Å²) in [5.74, 6) is 0. The topological polar surface area (TPSA) is 43.4 Å². The Morgan fingerprint density at radius 3 is 2.00 bits per heavy atom. The van der Waals surface area contributed by atoms with Crippen LogP contribution in [0.4, 0.5) is 0 Å². The quantitative estimate of drug-likeness (QED) is 0.782. The maximum absolute atomic E-state index is 11.5. The first-order chi connectivity index (χ1) is 6.71. The second-order valence-corrected chi connectivity index (χ2v) is 15.8. The third-order valence-electron chi connectivity index (χ3n) is 1.48. The van der Waals surface area contributed by atoms with Crippen LogP contribution in [-0.4, -0.2) is 18.9 Å². The van der Waals surface area contributed by atoms with Gasteiger partial charge in [0.15, 0.2) is 0 Å². The van der Waals surface area contributed by atoms with E-state index in [-0.39, 0.29) is 4.90 Å². The van der Waals surface area contributed by atoms with Crippen molar-refractivity contribution in [1.82, 2.24) is 0 Å². The van der Waals surface area contributed by atoms with Crippen LogP contribution in [0.2, 0.25) is 0 Å². The van der Waals surface area contributed by atoms with Gasteiger partial charge in [-0.05, 0) is 0 Å². The molecule has 1 rings (SSSR count). The van der Waals surface area contributed by atoms with Crippen molar-refractivity contribution in [2.75, 3.05) is 0 Å². The normalized spacial score (nSPS) is 13.9. The third-order valence-corrected chi connectivity index (χ3v) is 7.16. The first-order valence-electron chi connectivity index (χ1n) is 3.66. The predicted molar refractivity (Wildman–Crippen MR) is 62.8 cm³/mol. The SMILES string of the molecule is Cc1ccc(S(=O)(=O)O[Se](Cl)(Cl)Cl)cc1. The van der Waals surface area contributed by atoms with Crippen LogP contribution in [0.5, 0.6) is 0 Å². The molecule has 0 atom stereocenters. The molecule has 0 saturated carbocycles. The summed E-state index contributed by atoms with van der Waals surface area (Å²) >= 11 is 0. The molecule has 0 aliphatic heterocycles. The molecule has 0 heterocycles. The Bertz CT molecular complexity index is 438. The van der Waals surface area contributed by atoms with Gasteiger partial charge in [-0.2, -0.15) is 0 Å². The minimum atomic E-state index is -3.96. The van der Waals surface area contributed by atoms with Gasteiger partial charge in [-0.25, -0.2) is 0 Å². The van der Waals surface area contributed by atoms with Crippen LogP contribution < -0.4 is 0 Å². The Balaban J connectivity index is 3.02. The number of aryl methyl sites for hydroxylation is 1. The molecule has 15 heavy (non-hydrogen) atoms. The van der Waals surface area contributed by atoms with Crippen LogP contribution in [0.3, 0.4) is 0 Å². The van der Waals surface area contributed by atoms with E-state index in [4.69, 9.17) is 30.3 Å². The van der Waals surface area contributed by atoms with E-state index in [1.807, 2.05) is 6.92 Å². The van der Waals surface area contributed by atoms with Crippen LogP contribution in [0.1, 0.15) is 5.56 Å². The standard InChI is InChI=1S/C7H7Cl3O3SSe/c1-6-2-4-7(5-3-6)14(11,12)13-15(8,9)10/h2-5H,1H3. The Labute approximate surface area is 104 Å². The zero-order valence-electron chi connectivity index (χ0n) is 7.48. The Morgan fingerprint density at radius 2 is 1.60 bits per heavy atom. The number of benzene rings is 1. The van der Waals surface area contributed by atoms with Gasteiger partial charge in [0.05, 0.1) is 0 Å². The van der Waals surface area contributed by atoms with Crippen LogP contribution in [0.25, 0.3) is 0 Å². The summed E-state index contributed by atoms with van der Waals surface area (Å²) in [7, 11) is 8.36. The van der Waals surface area contributed by atoms with E-state index in [1.54, 1.807) is 12.1 Å². The Kier molecular flexibility index (Phi) is 4.34. The summed E-state index contributed by atoms with van der Waals surface area (Å²) in [5.41, 5.74) is 0.932. The molecule has 0 N–H and O–H groups in total. The van der Waals surface area contributed by atoms with E-state index in [2.05, 4.69) is 3.27 Å². The van der Waals surface area contributed by atoms with E-state index in [9.17, 15) is 8.42 Å². The van der Waals surface area contributed by atoms with Crippen LogP contribution in [-0.2, 0) is 13.4 Å². The van der Waals surface area contributed by atoms with Gasteiger partial charge in [0.25, 0.3) is 0 Å². The maximum atomic E-state index is 11.5. The van der Waals surface area contributed by atoms with E-state index in [0.29, 0.717) is 0 Å². The van der Waals surface area contributed by atoms with E-state index < -0.39 is 20.6 Å². The molecule has 0 saturated heterocycles. The molecule has 1 aromatic carbocycles. The summed E-state index contributed by atoms with van der Waals surface area (Å²) in [6.07, 6.45) is 0. The first kappa shape index (κ1) is 13.6. The monoisotopic (exact) mass is 356 g/mol. The van der Waals surface area contributed by atoms with Gasteiger partial charge in [-0.3, -0.25) is 0 Å². The van der Waals surface area contributed by atoms with Crippen molar-refractivity contribution in [3.63, 3.8) is 0 Å². The van der Waals surface area contributed by atoms with Crippen molar-refractivity contribution < 1.29 is 11.7 Å². The predicted octanol–water partition coefficient (Wildman–Crippen LogP) is 2.85. The molecular formula is C7H7Cl3O3SSe. The average Bonchev–Trinajstić information content (AvgIpc) is 2.00. The molecule has 3 nitrogen and oxygen atoms in total. The van der Waals surface area contributed by atoms with Gasteiger partial charge < -0.3 is 0 Å². The summed E-state index contributed by atoms with van der Waals surface area (Å²) in [6, 6.07) is 6.08. The minimum absolute atomic E-state index is 0.0170. The zero-order chi connectivity index (χ0) is 11.7. The molecule has 0 radical (unpaired) electrons. The van der Waals surface area contributed by atoms with E-state index >= 15 is 0 Å². The molecule has 1 aromatic rings. The number of hydrogen-bond donors (Lipinski definition) is 0. The second-order valence-electron chi connectivity index (χ2n) is 2.70. The van der Waals surface area contributed by atoms with Crippen molar-refractivity contribution in [3.8, 4) is 0 Å². The molecule has 0 spiro atoms. The number of rotatable bonds is 3. The zero-order valence-corrected chi connectivity index (χ0v) is 12.3. The van der Waals surface area contributed by atoms with E-state index in [0.717, 1.165) is 5.56 Å². The van der Waals surface area contributed by atoms with Crippen molar-refractivity contribution in [1.29, 1.82) is 0 Å².